The Balaban J connectivity index is 1.43. The van der Waals surface area contributed by atoms with E-state index >= 15 is 0 Å². The van der Waals surface area contributed by atoms with E-state index in [1.807, 2.05) is 48.5 Å². The number of fused-ring (bicyclic) bond motifs is 2. The molecular weight excluding hydrogens is 930 g/mol. The van der Waals surface area contributed by atoms with Gasteiger partial charge >= 0.3 is 25.4 Å². The van der Waals surface area contributed by atoms with E-state index in [1.54, 1.807) is 24.3 Å². The minimum Gasteiger partial charge on any atom is -0.406 e. The van der Waals surface area contributed by atoms with E-state index < -0.39 is 64.3 Å². The van der Waals surface area contributed by atoms with E-state index in [1.165, 1.54) is 48.5 Å². The van der Waals surface area contributed by atoms with Crippen LogP contribution in [0.15, 0.2) is 170 Å². The van der Waals surface area contributed by atoms with Gasteiger partial charge in [-0.3, -0.25) is 0 Å². The highest BCUT2D eigenvalue weighted by Crippen LogP contribution is 2.46. The molecule has 8 aromatic rings. The molecule has 0 spiro atoms. The van der Waals surface area contributed by atoms with Crippen LogP contribution in [0.5, 0.6) is 23.0 Å². The molecule has 0 amide bonds. The molecule has 0 aromatic heterocycles. The third-order valence-electron chi connectivity index (χ3n) is 9.86. The van der Waals surface area contributed by atoms with Crippen molar-refractivity contribution < 1.29 is 71.6 Å². The Kier molecular flexibility index (Phi) is 12.6. The maximum Gasteiger partial charge on any atom is 0.573 e. The van der Waals surface area contributed by atoms with Gasteiger partial charge in [-0.2, -0.15) is 0 Å². The second-order valence-electron chi connectivity index (χ2n) is 14.2. The standard InChI is InChI=1S/C48H28F12O4P2/c49-45(50,51)61-31-11-19-35(20-12-31)65(36-21-13-32(14-22-36)62-46(52,53)54)41-27-9-29-5-1-3-7-39(29)43(41)44-40-8-4-2-6-30(40)10-28-42(44)66(37-23-15-33(16-24-37)63-47(55,56)57)38-25-17-34(18-26-38)64-48(58,59)60/h1-28H. The molecule has 0 N–H and O–H groups in total. The Hall–Kier alpha value is -6.50. The van der Waals surface area contributed by atoms with Crippen LogP contribution in [-0.4, -0.2) is 25.4 Å². The lowest BCUT2D eigenvalue weighted by Crippen LogP contribution is -2.26. The first kappa shape index (κ1) is 46.0. The number of alkyl halides is 12. The van der Waals surface area contributed by atoms with Gasteiger partial charge in [0.2, 0.25) is 0 Å². The molecule has 0 unspecified atom stereocenters. The van der Waals surface area contributed by atoms with E-state index in [0.29, 0.717) is 53.7 Å². The third kappa shape index (κ3) is 10.9. The lowest BCUT2D eigenvalue weighted by molar-refractivity contribution is -0.275. The quantitative estimate of drug-likeness (QED) is 0.0956. The van der Waals surface area contributed by atoms with Crippen LogP contribution in [-0.2, 0) is 0 Å². The number of rotatable bonds is 11. The number of hydrogen-bond acceptors (Lipinski definition) is 4. The fraction of sp³-hybridized carbons (Fsp3) is 0.0833. The normalized spacial score (nSPS) is 12.5. The fourth-order valence-electron chi connectivity index (χ4n) is 7.46. The maximum atomic E-state index is 13.3. The zero-order chi connectivity index (χ0) is 47.0. The molecule has 0 bridgehead atoms. The van der Waals surface area contributed by atoms with Crippen LogP contribution in [0.1, 0.15) is 0 Å². The minimum absolute atomic E-state index is 0.463. The second kappa shape index (κ2) is 18.1. The molecule has 0 saturated carbocycles. The predicted octanol–water partition coefficient (Wildman–Crippen LogP) is 12.8. The van der Waals surface area contributed by atoms with Crippen LogP contribution in [0.4, 0.5) is 52.7 Å². The van der Waals surface area contributed by atoms with Crippen LogP contribution in [0.25, 0.3) is 32.7 Å². The first-order valence-electron chi connectivity index (χ1n) is 19.3. The van der Waals surface area contributed by atoms with Gasteiger partial charge in [0.25, 0.3) is 0 Å². The van der Waals surface area contributed by atoms with Gasteiger partial charge in [-0.05, 0) is 129 Å². The Morgan fingerprint density at radius 3 is 0.758 bits per heavy atom. The lowest BCUT2D eigenvalue weighted by Gasteiger charge is -2.28. The molecule has 4 nitrogen and oxygen atoms in total. The van der Waals surface area contributed by atoms with Gasteiger partial charge in [-0.1, -0.05) is 121 Å². The van der Waals surface area contributed by atoms with Gasteiger partial charge in [-0.25, -0.2) is 0 Å². The minimum atomic E-state index is -5.01. The van der Waals surface area contributed by atoms with Gasteiger partial charge in [0.15, 0.2) is 0 Å². The van der Waals surface area contributed by atoms with Crippen molar-refractivity contribution in [2.24, 2.45) is 0 Å². The van der Waals surface area contributed by atoms with Gasteiger partial charge in [0.1, 0.15) is 23.0 Å². The van der Waals surface area contributed by atoms with E-state index in [4.69, 9.17) is 0 Å². The van der Waals surface area contributed by atoms with Gasteiger partial charge in [0.05, 0.1) is 0 Å². The van der Waals surface area contributed by atoms with Crippen molar-refractivity contribution in [3.63, 3.8) is 0 Å². The largest absolute Gasteiger partial charge is 0.573 e. The highest BCUT2D eigenvalue weighted by molar-refractivity contribution is 7.80. The average Bonchev–Trinajstić information content (AvgIpc) is 3.24. The Bertz CT molecular complexity index is 2650. The molecule has 0 radical (unpaired) electrons. The number of ether oxygens (including phenoxy) is 4. The summed E-state index contributed by atoms with van der Waals surface area (Å²) in [7, 11) is -3.80. The maximum absolute atomic E-state index is 13.3. The number of benzene rings is 8. The monoisotopic (exact) mass is 958 g/mol. The summed E-state index contributed by atoms with van der Waals surface area (Å²) in [4.78, 5) is 0. The second-order valence-corrected chi connectivity index (χ2v) is 18.6. The van der Waals surface area contributed by atoms with Crippen molar-refractivity contribution in [1.29, 1.82) is 0 Å². The average molecular weight is 959 g/mol. The van der Waals surface area contributed by atoms with Crippen molar-refractivity contribution in [1.82, 2.24) is 0 Å². The number of hydrogen-bond donors (Lipinski definition) is 0. The van der Waals surface area contributed by atoms with E-state index in [9.17, 15) is 52.7 Å². The summed E-state index contributed by atoms with van der Waals surface area (Å²) in [6.07, 6.45) is -20.0. The molecule has 66 heavy (non-hydrogen) atoms. The Morgan fingerprint density at radius 2 is 0.515 bits per heavy atom. The SMILES string of the molecule is FC(F)(F)Oc1ccc(P(c2ccc(OC(F)(F)F)cc2)c2ccc3ccccc3c2-c2c(P(c3ccc(OC(F)(F)F)cc3)c3ccc(OC(F)(F)F)cc3)ccc3ccccc23)cc1. The highest BCUT2D eigenvalue weighted by Gasteiger charge is 2.35. The van der Waals surface area contributed by atoms with Crippen LogP contribution in [0.3, 0.4) is 0 Å². The highest BCUT2D eigenvalue weighted by atomic mass is 31.1. The van der Waals surface area contributed by atoms with Crippen LogP contribution in [0, 0.1) is 0 Å². The van der Waals surface area contributed by atoms with Crippen LogP contribution < -0.4 is 50.8 Å². The molecule has 0 aliphatic rings. The van der Waals surface area contributed by atoms with Crippen molar-refractivity contribution in [3.8, 4) is 34.1 Å². The Labute approximate surface area is 369 Å². The molecular formula is C48H28F12O4P2. The van der Waals surface area contributed by atoms with E-state index in [2.05, 4.69) is 18.9 Å². The van der Waals surface area contributed by atoms with Gasteiger partial charge in [-0.15, -0.1) is 52.7 Å². The fourth-order valence-corrected chi connectivity index (χ4v) is 12.3. The van der Waals surface area contributed by atoms with Crippen molar-refractivity contribution >= 4 is 69.2 Å². The third-order valence-corrected chi connectivity index (χ3v) is 14.8. The molecule has 8 aromatic carbocycles. The Morgan fingerprint density at radius 1 is 0.273 bits per heavy atom. The van der Waals surface area contributed by atoms with Crippen molar-refractivity contribution in [2.45, 2.75) is 25.4 Å². The summed E-state index contributed by atoms with van der Waals surface area (Å²) in [5, 5.41) is 5.85. The van der Waals surface area contributed by atoms with Gasteiger partial charge in [0, 0.05) is 0 Å². The molecule has 18 heteroatoms. The topological polar surface area (TPSA) is 36.9 Å². The van der Waals surface area contributed by atoms with Gasteiger partial charge < -0.3 is 18.9 Å². The summed E-state index contributed by atoms with van der Waals surface area (Å²) in [6, 6.07) is 42.3. The van der Waals surface area contributed by atoms with E-state index in [0.717, 1.165) is 59.3 Å². The molecule has 8 rings (SSSR count). The summed E-state index contributed by atoms with van der Waals surface area (Å²) in [5.41, 5.74) is 1.19. The molecule has 0 fully saturated rings. The molecule has 0 heterocycles. The predicted molar refractivity (Wildman–Crippen MR) is 231 cm³/mol. The summed E-state index contributed by atoms with van der Waals surface area (Å²) in [6.45, 7) is 0. The molecule has 0 aliphatic heterocycles. The van der Waals surface area contributed by atoms with E-state index in [-0.39, 0.29) is 0 Å². The molecule has 338 valence electrons. The summed E-state index contributed by atoms with van der Waals surface area (Å²) >= 11 is 0. The summed E-state index contributed by atoms with van der Waals surface area (Å²) in [5.74, 6) is -2.08. The summed E-state index contributed by atoms with van der Waals surface area (Å²) < 4.78 is 176. The zero-order valence-corrected chi connectivity index (χ0v) is 35.0. The number of halogens is 12. The molecule has 0 aliphatic carbocycles. The van der Waals surface area contributed by atoms with Crippen molar-refractivity contribution in [2.75, 3.05) is 0 Å². The first-order chi connectivity index (χ1) is 31.2. The van der Waals surface area contributed by atoms with Crippen LogP contribution in [0.2, 0.25) is 0 Å². The van der Waals surface area contributed by atoms with Crippen LogP contribution >= 0.6 is 15.8 Å². The van der Waals surface area contributed by atoms with Crippen molar-refractivity contribution in [3.05, 3.63) is 170 Å². The molecule has 0 saturated heterocycles. The lowest BCUT2D eigenvalue weighted by atomic mass is 9.93. The smallest absolute Gasteiger partial charge is 0.406 e. The first-order valence-corrected chi connectivity index (χ1v) is 21.9. The molecule has 0 atom stereocenters. The zero-order valence-electron chi connectivity index (χ0n) is 33.2.